The number of rotatable bonds is 3. The Hall–Kier alpha value is -0.0800. The molecule has 1 heterocycles. The number of aliphatic hydroxyl groups is 1. The van der Waals surface area contributed by atoms with Crippen molar-refractivity contribution in [2.75, 3.05) is 20.1 Å². The summed E-state index contributed by atoms with van der Waals surface area (Å²) in [5, 5.41) is 12.9. The number of nitrogens with one attached hydrogen (secondary N) is 1. The first-order chi connectivity index (χ1) is 9.25. The summed E-state index contributed by atoms with van der Waals surface area (Å²) in [6.07, 6.45) is -0.778. The van der Waals surface area contributed by atoms with Crippen LogP contribution in [-0.4, -0.2) is 50.1 Å². The van der Waals surface area contributed by atoms with Crippen molar-refractivity contribution in [2.45, 2.75) is 17.0 Å². The monoisotopic (exact) mass is 358 g/mol. The predicted octanol–water partition coefficient (Wildman–Crippen LogP) is 1.60. The quantitative estimate of drug-likeness (QED) is 0.860. The summed E-state index contributed by atoms with van der Waals surface area (Å²) in [4.78, 5) is -0.202. The highest BCUT2D eigenvalue weighted by Gasteiger charge is 2.37. The van der Waals surface area contributed by atoms with Crippen molar-refractivity contribution < 1.29 is 13.5 Å². The summed E-state index contributed by atoms with van der Waals surface area (Å²) in [6, 6.07) is 2.07. The maximum atomic E-state index is 12.6. The molecule has 1 aliphatic heterocycles. The SMILES string of the molecule is CN([C@@H]1CNC[C@H]1O)S(=O)(=O)c1c(Cl)cc(Cl)cc1Cl. The highest BCUT2D eigenvalue weighted by atomic mass is 35.5. The molecule has 0 saturated carbocycles. The van der Waals surface area contributed by atoms with Crippen LogP contribution in [0.5, 0.6) is 0 Å². The average molecular weight is 360 g/mol. The van der Waals surface area contributed by atoms with E-state index in [2.05, 4.69) is 5.32 Å². The molecule has 112 valence electrons. The Morgan fingerprint density at radius 3 is 2.25 bits per heavy atom. The van der Waals surface area contributed by atoms with Crippen molar-refractivity contribution in [3.8, 4) is 0 Å². The Morgan fingerprint density at radius 1 is 1.25 bits per heavy atom. The third-order valence-corrected chi connectivity index (χ3v) is 6.24. The van der Waals surface area contributed by atoms with Gasteiger partial charge in [0.25, 0.3) is 0 Å². The molecule has 0 aromatic heterocycles. The first-order valence-electron chi connectivity index (χ1n) is 5.76. The lowest BCUT2D eigenvalue weighted by Crippen LogP contribution is -2.44. The largest absolute Gasteiger partial charge is 0.390 e. The lowest BCUT2D eigenvalue weighted by atomic mass is 10.2. The van der Waals surface area contributed by atoms with Gasteiger partial charge < -0.3 is 10.4 Å². The molecule has 0 spiro atoms. The lowest BCUT2D eigenvalue weighted by molar-refractivity contribution is 0.136. The second kappa shape index (κ2) is 5.96. The standard InChI is InChI=1S/C11H13Cl3N2O3S/c1-16(9-4-15-5-10(9)17)20(18,19)11-7(13)2-6(12)3-8(11)14/h2-3,9-10,15,17H,4-5H2,1H3/t9-,10-/m1/s1. The van der Waals surface area contributed by atoms with Crippen LogP contribution in [0.15, 0.2) is 17.0 Å². The van der Waals surface area contributed by atoms with Gasteiger partial charge in [-0.3, -0.25) is 0 Å². The van der Waals surface area contributed by atoms with E-state index in [0.717, 1.165) is 4.31 Å². The molecule has 20 heavy (non-hydrogen) atoms. The van der Waals surface area contributed by atoms with Crippen LogP contribution in [0, 0.1) is 0 Å². The first kappa shape index (κ1) is 16.3. The zero-order valence-electron chi connectivity index (χ0n) is 10.5. The van der Waals surface area contributed by atoms with E-state index in [9.17, 15) is 13.5 Å². The maximum Gasteiger partial charge on any atom is 0.246 e. The van der Waals surface area contributed by atoms with Gasteiger partial charge in [0.15, 0.2) is 0 Å². The minimum absolute atomic E-state index is 0.0465. The highest BCUT2D eigenvalue weighted by Crippen LogP contribution is 2.35. The third kappa shape index (κ3) is 2.92. The molecule has 0 aliphatic carbocycles. The summed E-state index contributed by atoms with van der Waals surface area (Å²) < 4.78 is 26.3. The van der Waals surface area contributed by atoms with Crippen LogP contribution in [-0.2, 0) is 10.0 Å². The van der Waals surface area contributed by atoms with Gasteiger partial charge in [-0.2, -0.15) is 4.31 Å². The van der Waals surface area contributed by atoms with Gasteiger partial charge >= 0.3 is 0 Å². The van der Waals surface area contributed by atoms with Gasteiger partial charge in [0.2, 0.25) is 10.0 Å². The molecule has 1 saturated heterocycles. The van der Waals surface area contributed by atoms with Crippen molar-refractivity contribution in [1.29, 1.82) is 0 Å². The predicted molar refractivity (Wildman–Crippen MR) is 79.1 cm³/mol. The van der Waals surface area contributed by atoms with E-state index in [0.29, 0.717) is 13.1 Å². The average Bonchev–Trinajstić information content (AvgIpc) is 2.72. The van der Waals surface area contributed by atoms with Gasteiger partial charge in [0, 0.05) is 25.2 Å². The summed E-state index contributed by atoms with van der Waals surface area (Å²) in [7, 11) is -2.54. The number of benzene rings is 1. The van der Waals surface area contributed by atoms with E-state index in [4.69, 9.17) is 34.8 Å². The number of β-amino-alcohol motifs (C(OH)–C–C–N with tert-alkyl or cyclic N) is 1. The van der Waals surface area contributed by atoms with Gasteiger partial charge in [-0.05, 0) is 12.1 Å². The first-order valence-corrected chi connectivity index (χ1v) is 8.34. The maximum absolute atomic E-state index is 12.6. The van der Waals surface area contributed by atoms with Gasteiger partial charge in [0.05, 0.1) is 22.2 Å². The zero-order valence-corrected chi connectivity index (χ0v) is 13.6. The number of hydrogen-bond acceptors (Lipinski definition) is 4. The number of aliphatic hydroxyl groups excluding tert-OH is 1. The molecule has 2 N–H and O–H groups in total. The number of likely N-dealkylation sites (N-methyl/N-ethyl adjacent to an activating group) is 1. The van der Waals surface area contributed by atoms with E-state index in [1.54, 1.807) is 0 Å². The topological polar surface area (TPSA) is 69.6 Å². The lowest BCUT2D eigenvalue weighted by Gasteiger charge is -2.26. The van der Waals surface area contributed by atoms with E-state index < -0.39 is 22.2 Å². The molecule has 1 aromatic carbocycles. The van der Waals surface area contributed by atoms with Crippen LogP contribution in [0.25, 0.3) is 0 Å². The molecule has 5 nitrogen and oxygen atoms in total. The highest BCUT2D eigenvalue weighted by molar-refractivity contribution is 7.89. The van der Waals surface area contributed by atoms with E-state index in [-0.39, 0.29) is 20.0 Å². The fourth-order valence-electron chi connectivity index (χ4n) is 2.12. The van der Waals surface area contributed by atoms with E-state index >= 15 is 0 Å². The Kier molecular flexibility index (Phi) is 4.86. The van der Waals surface area contributed by atoms with Gasteiger partial charge in [0.1, 0.15) is 4.90 Å². The van der Waals surface area contributed by atoms with Crippen molar-refractivity contribution >= 4 is 44.8 Å². The fourth-order valence-corrected chi connectivity index (χ4v) is 4.99. The van der Waals surface area contributed by atoms with E-state index in [1.165, 1.54) is 19.2 Å². The molecule has 0 radical (unpaired) electrons. The summed E-state index contributed by atoms with van der Waals surface area (Å²) >= 11 is 17.7. The normalized spacial score (nSPS) is 23.5. The van der Waals surface area contributed by atoms with Crippen LogP contribution < -0.4 is 5.32 Å². The molecule has 0 unspecified atom stereocenters. The van der Waals surface area contributed by atoms with Crippen LogP contribution in [0.2, 0.25) is 15.1 Å². The summed E-state index contributed by atoms with van der Waals surface area (Å²) in [5.41, 5.74) is 0. The van der Waals surface area contributed by atoms with Crippen LogP contribution in [0.3, 0.4) is 0 Å². The third-order valence-electron chi connectivity index (χ3n) is 3.22. The van der Waals surface area contributed by atoms with Gasteiger partial charge in [-0.1, -0.05) is 34.8 Å². The number of sulfonamides is 1. The second-order valence-electron chi connectivity index (χ2n) is 4.51. The number of hydrogen-bond donors (Lipinski definition) is 2. The molecule has 0 amide bonds. The Labute approximate surface area is 132 Å². The summed E-state index contributed by atoms with van der Waals surface area (Å²) in [5.74, 6) is 0. The van der Waals surface area contributed by atoms with Crippen molar-refractivity contribution in [3.05, 3.63) is 27.2 Å². The van der Waals surface area contributed by atoms with Crippen LogP contribution in [0.1, 0.15) is 0 Å². The minimum Gasteiger partial charge on any atom is -0.390 e. The molecule has 2 rings (SSSR count). The van der Waals surface area contributed by atoms with Crippen LogP contribution >= 0.6 is 34.8 Å². The molecule has 1 aromatic rings. The van der Waals surface area contributed by atoms with Gasteiger partial charge in [-0.25, -0.2) is 8.42 Å². The van der Waals surface area contributed by atoms with Gasteiger partial charge in [-0.15, -0.1) is 0 Å². The molecular formula is C11H13Cl3N2O3S. The zero-order chi connectivity index (χ0) is 15.1. The Balaban J connectivity index is 2.45. The number of halogens is 3. The molecule has 9 heteroatoms. The number of nitrogens with zero attached hydrogens (tertiary/aromatic N) is 1. The molecule has 1 aliphatic rings. The van der Waals surface area contributed by atoms with Crippen LogP contribution in [0.4, 0.5) is 0 Å². The van der Waals surface area contributed by atoms with Crippen molar-refractivity contribution in [3.63, 3.8) is 0 Å². The fraction of sp³-hybridized carbons (Fsp3) is 0.455. The Morgan fingerprint density at radius 2 is 1.80 bits per heavy atom. The molecule has 0 bridgehead atoms. The second-order valence-corrected chi connectivity index (χ2v) is 7.70. The molecule has 1 fully saturated rings. The van der Waals surface area contributed by atoms with Crippen molar-refractivity contribution in [2.24, 2.45) is 0 Å². The smallest absolute Gasteiger partial charge is 0.246 e. The molecular weight excluding hydrogens is 347 g/mol. The van der Waals surface area contributed by atoms with Crippen molar-refractivity contribution in [1.82, 2.24) is 9.62 Å². The molecule has 2 atom stereocenters. The minimum atomic E-state index is -3.92. The summed E-state index contributed by atoms with van der Waals surface area (Å²) in [6.45, 7) is 0.701. The van der Waals surface area contributed by atoms with E-state index in [1.807, 2.05) is 0 Å². The Bertz CT molecular complexity index is 600.